The molecule has 0 atom stereocenters. The highest BCUT2D eigenvalue weighted by Crippen LogP contribution is 2.09. The van der Waals surface area contributed by atoms with Crippen LogP contribution in [0.2, 0.25) is 0 Å². The summed E-state index contributed by atoms with van der Waals surface area (Å²) in [4.78, 5) is 14.2. The lowest BCUT2D eigenvalue weighted by atomic mass is 10.1. The van der Waals surface area contributed by atoms with Gasteiger partial charge in [0.2, 0.25) is 5.91 Å². The molecule has 5 heteroatoms. The van der Waals surface area contributed by atoms with E-state index >= 15 is 0 Å². The van der Waals surface area contributed by atoms with E-state index in [-0.39, 0.29) is 5.91 Å². The van der Waals surface area contributed by atoms with Crippen molar-refractivity contribution in [2.75, 3.05) is 26.3 Å². The van der Waals surface area contributed by atoms with Gasteiger partial charge in [-0.3, -0.25) is 9.69 Å². The summed E-state index contributed by atoms with van der Waals surface area (Å²) in [6.07, 6.45) is 4.71. The van der Waals surface area contributed by atoms with E-state index in [0.717, 1.165) is 38.4 Å². The highest BCUT2D eigenvalue weighted by molar-refractivity contribution is 5.91. The largest absolute Gasteiger partial charge is 0.465 e. The summed E-state index contributed by atoms with van der Waals surface area (Å²) in [5, 5.41) is 2.87. The summed E-state index contributed by atoms with van der Waals surface area (Å²) >= 11 is 0. The van der Waals surface area contributed by atoms with Crippen molar-refractivity contribution in [2.24, 2.45) is 0 Å². The van der Waals surface area contributed by atoms with E-state index in [2.05, 4.69) is 34.5 Å². The number of carbonyl (C=O) groups excluding carboxylic acids is 1. The standard InChI is InChI=1S/C19H22N2O3/c22-19(8-7-18-2-1-11-24-18)20-14-16-3-5-17(6-4-16)15-21-9-12-23-13-10-21/h1-8,11H,9-10,12-15H2,(H,20,22). The summed E-state index contributed by atoms with van der Waals surface area (Å²) in [5.74, 6) is 0.529. The van der Waals surface area contributed by atoms with Crippen LogP contribution in [0.4, 0.5) is 0 Å². The van der Waals surface area contributed by atoms with Crippen LogP contribution in [0.15, 0.2) is 53.2 Å². The Labute approximate surface area is 141 Å². The number of ether oxygens (including phenoxy) is 1. The molecule has 1 N–H and O–H groups in total. The number of carbonyl (C=O) groups is 1. The first kappa shape index (κ1) is 16.5. The summed E-state index contributed by atoms with van der Waals surface area (Å²) < 4.78 is 10.5. The van der Waals surface area contributed by atoms with E-state index in [1.807, 2.05) is 0 Å². The molecule has 3 rings (SSSR count). The molecule has 5 nitrogen and oxygen atoms in total. The van der Waals surface area contributed by atoms with Crippen molar-refractivity contribution in [3.05, 3.63) is 65.6 Å². The van der Waals surface area contributed by atoms with Crippen LogP contribution in [0.3, 0.4) is 0 Å². The number of nitrogens with one attached hydrogen (secondary N) is 1. The fourth-order valence-corrected chi connectivity index (χ4v) is 2.57. The van der Waals surface area contributed by atoms with Crippen LogP contribution < -0.4 is 5.32 Å². The molecule has 1 aromatic heterocycles. The molecule has 0 bridgehead atoms. The fraction of sp³-hybridized carbons (Fsp3) is 0.316. The Morgan fingerprint density at radius 1 is 1.12 bits per heavy atom. The average Bonchev–Trinajstić information content (AvgIpc) is 3.14. The molecule has 2 aromatic rings. The van der Waals surface area contributed by atoms with Gasteiger partial charge in [-0.2, -0.15) is 0 Å². The van der Waals surface area contributed by atoms with Gasteiger partial charge in [-0.05, 0) is 29.3 Å². The van der Waals surface area contributed by atoms with E-state index < -0.39 is 0 Å². The first-order chi connectivity index (χ1) is 11.8. The van der Waals surface area contributed by atoms with Gasteiger partial charge in [0.15, 0.2) is 0 Å². The van der Waals surface area contributed by atoms with Gasteiger partial charge in [-0.1, -0.05) is 24.3 Å². The second-order valence-electron chi connectivity index (χ2n) is 5.77. The first-order valence-corrected chi connectivity index (χ1v) is 8.17. The second-order valence-corrected chi connectivity index (χ2v) is 5.77. The van der Waals surface area contributed by atoms with Gasteiger partial charge in [-0.25, -0.2) is 0 Å². The van der Waals surface area contributed by atoms with Gasteiger partial charge < -0.3 is 14.5 Å². The fourth-order valence-electron chi connectivity index (χ4n) is 2.57. The summed E-state index contributed by atoms with van der Waals surface area (Å²) in [6.45, 7) is 5.06. The van der Waals surface area contributed by atoms with E-state index in [1.165, 1.54) is 11.6 Å². The minimum atomic E-state index is -0.135. The van der Waals surface area contributed by atoms with Crippen molar-refractivity contribution >= 4 is 12.0 Å². The average molecular weight is 326 g/mol. The highest BCUT2D eigenvalue weighted by Gasteiger charge is 2.10. The smallest absolute Gasteiger partial charge is 0.244 e. The number of furan rings is 1. The van der Waals surface area contributed by atoms with Gasteiger partial charge in [-0.15, -0.1) is 0 Å². The third-order valence-corrected chi connectivity index (χ3v) is 3.94. The Morgan fingerprint density at radius 3 is 2.58 bits per heavy atom. The number of rotatable bonds is 6. The molecule has 1 aromatic carbocycles. The van der Waals surface area contributed by atoms with E-state index in [0.29, 0.717) is 12.3 Å². The lowest BCUT2D eigenvalue weighted by Gasteiger charge is -2.26. The Bertz CT molecular complexity index is 656. The van der Waals surface area contributed by atoms with Crippen LogP contribution in [0.1, 0.15) is 16.9 Å². The van der Waals surface area contributed by atoms with Crippen molar-refractivity contribution in [1.29, 1.82) is 0 Å². The molecular formula is C19H22N2O3. The van der Waals surface area contributed by atoms with E-state index in [1.54, 1.807) is 24.5 Å². The van der Waals surface area contributed by atoms with Crippen molar-refractivity contribution in [1.82, 2.24) is 10.2 Å². The monoisotopic (exact) mass is 326 g/mol. The lowest BCUT2D eigenvalue weighted by Crippen LogP contribution is -2.35. The minimum absolute atomic E-state index is 0.135. The van der Waals surface area contributed by atoms with Gasteiger partial charge in [0.25, 0.3) is 0 Å². The predicted octanol–water partition coefficient (Wildman–Crippen LogP) is 2.44. The van der Waals surface area contributed by atoms with E-state index in [9.17, 15) is 4.79 Å². The quantitative estimate of drug-likeness (QED) is 0.829. The maximum absolute atomic E-state index is 11.8. The van der Waals surface area contributed by atoms with Crippen LogP contribution >= 0.6 is 0 Å². The molecule has 1 amide bonds. The normalized spacial score (nSPS) is 15.7. The van der Waals surface area contributed by atoms with Crippen LogP contribution in [0.5, 0.6) is 0 Å². The zero-order chi connectivity index (χ0) is 16.6. The molecule has 1 aliphatic heterocycles. The van der Waals surface area contributed by atoms with Crippen molar-refractivity contribution in [2.45, 2.75) is 13.1 Å². The predicted molar refractivity (Wildman–Crippen MR) is 92.1 cm³/mol. The first-order valence-electron chi connectivity index (χ1n) is 8.17. The highest BCUT2D eigenvalue weighted by atomic mass is 16.5. The Hall–Kier alpha value is -2.37. The van der Waals surface area contributed by atoms with Crippen molar-refractivity contribution in [3.8, 4) is 0 Å². The summed E-state index contributed by atoms with van der Waals surface area (Å²) in [5.41, 5.74) is 2.37. The number of benzene rings is 1. The van der Waals surface area contributed by atoms with Crippen LogP contribution in [0.25, 0.3) is 6.08 Å². The molecule has 1 saturated heterocycles. The molecule has 0 spiro atoms. The number of morpholine rings is 1. The van der Waals surface area contributed by atoms with Crippen LogP contribution in [0, 0.1) is 0 Å². The minimum Gasteiger partial charge on any atom is -0.465 e. The summed E-state index contributed by atoms with van der Waals surface area (Å²) in [6, 6.07) is 12.0. The Kier molecular flexibility index (Phi) is 5.82. The molecular weight excluding hydrogens is 304 g/mol. The maximum Gasteiger partial charge on any atom is 0.244 e. The van der Waals surface area contributed by atoms with Gasteiger partial charge >= 0.3 is 0 Å². The van der Waals surface area contributed by atoms with E-state index in [4.69, 9.17) is 9.15 Å². The molecule has 2 heterocycles. The summed E-state index contributed by atoms with van der Waals surface area (Å²) in [7, 11) is 0. The maximum atomic E-state index is 11.8. The number of hydrogen-bond acceptors (Lipinski definition) is 4. The lowest BCUT2D eigenvalue weighted by molar-refractivity contribution is -0.116. The number of hydrogen-bond donors (Lipinski definition) is 1. The number of amides is 1. The third kappa shape index (κ3) is 5.08. The van der Waals surface area contributed by atoms with Crippen molar-refractivity contribution in [3.63, 3.8) is 0 Å². The topological polar surface area (TPSA) is 54.7 Å². The second kappa shape index (κ2) is 8.47. The van der Waals surface area contributed by atoms with Crippen molar-refractivity contribution < 1.29 is 13.9 Å². The molecule has 0 aliphatic carbocycles. The van der Waals surface area contributed by atoms with Gasteiger partial charge in [0.05, 0.1) is 19.5 Å². The Morgan fingerprint density at radius 2 is 1.88 bits per heavy atom. The molecule has 24 heavy (non-hydrogen) atoms. The zero-order valence-electron chi connectivity index (χ0n) is 13.6. The van der Waals surface area contributed by atoms with Gasteiger partial charge in [0, 0.05) is 32.3 Å². The molecule has 0 radical (unpaired) electrons. The molecule has 0 unspecified atom stereocenters. The molecule has 1 fully saturated rings. The number of nitrogens with zero attached hydrogens (tertiary/aromatic N) is 1. The Balaban J connectivity index is 1.44. The third-order valence-electron chi connectivity index (χ3n) is 3.94. The van der Waals surface area contributed by atoms with Crippen LogP contribution in [-0.4, -0.2) is 37.1 Å². The SMILES string of the molecule is O=C(C=Cc1ccco1)NCc1ccc(CN2CCOCC2)cc1. The van der Waals surface area contributed by atoms with Crippen LogP contribution in [-0.2, 0) is 22.6 Å². The molecule has 126 valence electrons. The molecule has 1 aliphatic rings. The molecule has 0 saturated carbocycles. The zero-order valence-corrected chi connectivity index (χ0v) is 13.6. The van der Waals surface area contributed by atoms with Gasteiger partial charge in [0.1, 0.15) is 5.76 Å².